The predicted octanol–water partition coefficient (Wildman–Crippen LogP) is 1.19. The first kappa shape index (κ1) is 20.9. The van der Waals surface area contributed by atoms with E-state index in [0.29, 0.717) is 32.6 Å². The molecule has 126 valence electrons. The zero-order valence-corrected chi connectivity index (χ0v) is 14.4. The Kier molecular flexibility index (Phi) is 9.81. The molecule has 21 heavy (non-hydrogen) atoms. The maximum Gasteiger partial charge on any atom is 0.240 e. The van der Waals surface area contributed by atoms with Gasteiger partial charge in [0, 0.05) is 32.8 Å². The van der Waals surface area contributed by atoms with E-state index >= 15 is 0 Å². The lowest BCUT2D eigenvalue weighted by Gasteiger charge is -2.33. The lowest BCUT2D eigenvalue weighted by atomic mass is 9.90. The van der Waals surface area contributed by atoms with Crippen molar-refractivity contribution in [2.24, 2.45) is 11.7 Å². The summed E-state index contributed by atoms with van der Waals surface area (Å²) in [5, 5.41) is 2.99. The monoisotopic (exact) mass is 341 g/mol. The van der Waals surface area contributed by atoms with Crippen molar-refractivity contribution in [2.45, 2.75) is 38.1 Å². The molecule has 5 nitrogen and oxygen atoms in total. The molecule has 0 saturated carbocycles. The van der Waals surface area contributed by atoms with Crippen LogP contribution in [0, 0.1) is 5.92 Å². The molecule has 3 N–H and O–H groups in total. The van der Waals surface area contributed by atoms with Crippen LogP contribution in [0.4, 0.5) is 0 Å². The summed E-state index contributed by atoms with van der Waals surface area (Å²) in [4.78, 5) is 14.5. The molecule has 0 aromatic rings. The first-order valence-corrected chi connectivity index (χ1v) is 7.47. The number of nitrogens with zero attached hydrogens (tertiary/aromatic N) is 1. The number of amides is 1. The minimum Gasteiger partial charge on any atom is -0.381 e. The Morgan fingerprint density at radius 2 is 2.05 bits per heavy atom. The first-order valence-electron chi connectivity index (χ1n) is 7.47. The topological polar surface area (TPSA) is 67.6 Å². The van der Waals surface area contributed by atoms with Gasteiger partial charge in [-0.3, -0.25) is 4.79 Å². The largest absolute Gasteiger partial charge is 0.381 e. The van der Waals surface area contributed by atoms with Crippen LogP contribution >= 0.6 is 24.8 Å². The van der Waals surface area contributed by atoms with Crippen molar-refractivity contribution in [1.82, 2.24) is 10.2 Å². The van der Waals surface area contributed by atoms with Crippen molar-refractivity contribution in [2.75, 3.05) is 39.4 Å². The van der Waals surface area contributed by atoms with Crippen LogP contribution < -0.4 is 11.1 Å². The fourth-order valence-electron chi connectivity index (χ4n) is 2.96. The van der Waals surface area contributed by atoms with E-state index in [1.807, 2.05) is 0 Å². The first-order chi connectivity index (χ1) is 9.10. The van der Waals surface area contributed by atoms with Gasteiger partial charge in [-0.05, 0) is 38.1 Å². The molecule has 0 aromatic carbocycles. The van der Waals surface area contributed by atoms with Crippen LogP contribution in [0.3, 0.4) is 0 Å². The lowest BCUT2D eigenvalue weighted by molar-refractivity contribution is -0.129. The number of nitrogens with one attached hydrogen (secondary N) is 1. The van der Waals surface area contributed by atoms with Crippen LogP contribution in [-0.4, -0.2) is 55.7 Å². The second-order valence-electron chi connectivity index (χ2n) is 6.07. The van der Waals surface area contributed by atoms with Crippen molar-refractivity contribution in [1.29, 1.82) is 0 Å². The molecular formula is C14H29Cl2N3O2. The third-order valence-corrected chi connectivity index (χ3v) is 4.29. The molecule has 0 spiro atoms. The number of nitrogens with two attached hydrogens (primary N) is 1. The van der Waals surface area contributed by atoms with Crippen LogP contribution in [-0.2, 0) is 9.53 Å². The standard InChI is InChI=1S/C14H27N3O2.2ClH/c1-12-3-2-7-17(11-12)8-6-16-13(18)14(15)4-9-19-10-5-14;;/h12H,2-11,15H2,1H3,(H,16,18);2*1H. The minimum atomic E-state index is -0.715. The summed E-state index contributed by atoms with van der Waals surface area (Å²) in [6.45, 7) is 7.41. The van der Waals surface area contributed by atoms with E-state index in [-0.39, 0.29) is 30.7 Å². The van der Waals surface area contributed by atoms with Crippen molar-refractivity contribution in [3.63, 3.8) is 0 Å². The molecule has 0 bridgehead atoms. The van der Waals surface area contributed by atoms with Crippen LogP contribution in [0.25, 0.3) is 0 Å². The van der Waals surface area contributed by atoms with E-state index in [2.05, 4.69) is 17.1 Å². The van der Waals surface area contributed by atoms with E-state index in [9.17, 15) is 4.79 Å². The van der Waals surface area contributed by atoms with Crippen LogP contribution in [0.1, 0.15) is 32.6 Å². The Morgan fingerprint density at radius 3 is 2.67 bits per heavy atom. The lowest BCUT2D eigenvalue weighted by Crippen LogP contribution is -2.57. The highest BCUT2D eigenvalue weighted by Gasteiger charge is 2.35. The molecule has 0 radical (unpaired) electrons. The third kappa shape index (κ3) is 6.28. The number of carbonyl (C=O) groups is 1. The van der Waals surface area contributed by atoms with E-state index in [0.717, 1.165) is 25.6 Å². The van der Waals surface area contributed by atoms with Crippen molar-refractivity contribution in [3.8, 4) is 0 Å². The predicted molar refractivity (Wildman–Crippen MR) is 89.3 cm³/mol. The van der Waals surface area contributed by atoms with Gasteiger partial charge in [0.1, 0.15) is 0 Å². The Labute approximate surface area is 140 Å². The van der Waals surface area contributed by atoms with Crippen LogP contribution in [0.5, 0.6) is 0 Å². The van der Waals surface area contributed by atoms with Crippen LogP contribution in [0.15, 0.2) is 0 Å². The third-order valence-electron chi connectivity index (χ3n) is 4.29. The number of ether oxygens (including phenoxy) is 1. The molecule has 2 heterocycles. The molecule has 2 rings (SSSR count). The molecule has 1 atom stereocenters. The maximum absolute atomic E-state index is 12.1. The van der Waals surface area contributed by atoms with Gasteiger partial charge in [0.25, 0.3) is 0 Å². The van der Waals surface area contributed by atoms with Crippen LogP contribution in [0.2, 0.25) is 0 Å². The molecular weight excluding hydrogens is 313 g/mol. The highest BCUT2D eigenvalue weighted by Crippen LogP contribution is 2.18. The number of carbonyl (C=O) groups excluding carboxylic acids is 1. The molecule has 1 amide bonds. The Balaban J connectivity index is 0.00000200. The summed E-state index contributed by atoms with van der Waals surface area (Å²) in [6, 6.07) is 0. The molecule has 2 fully saturated rings. The summed E-state index contributed by atoms with van der Waals surface area (Å²) in [5.74, 6) is 0.765. The van der Waals surface area contributed by atoms with Gasteiger partial charge in [0.05, 0.1) is 5.54 Å². The summed E-state index contributed by atoms with van der Waals surface area (Å²) in [7, 11) is 0. The number of halogens is 2. The average Bonchev–Trinajstić information content (AvgIpc) is 2.39. The second kappa shape index (κ2) is 9.85. The van der Waals surface area contributed by atoms with Gasteiger partial charge in [-0.1, -0.05) is 6.92 Å². The number of hydrogen-bond donors (Lipinski definition) is 2. The molecule has 0 aromatic heterocycles. The number of piperidine rings is 1. The molecule has 7 heteroatoms. The highest BCUT2D eigenvalue weighted by atomic mass is 35.5. The molecule has 2 aliphatic rings. The SMILES string of the molecule is CC1CCCN(CCNC(=O)C2(N)CCOCC2)C1.Cl.Cl. The summed E-state index contributed by atoms with van der Waals surface area (Å²) in [5.41, 5.74) is 5.42. The molecule has 0 aliphatic carbocycles. The van der Waals surface area contributed by atoms with Gasteiger partial charge < -0.3 is 20.7 Å². The van der Waals surface area contributed by atoms with E-state index in [1.165, 1.54) is 12.8 Å². The van der Waals surface area contributed by atoms with Gasteiger partial charge in [-0.2, -0.15) is 0 Å². The zero-order chi connectivity index (χ0) is 13.7. The van der Waals surface area contributed by atoms with Crippen molar-refractivity contribution >= 4 is 30.7 Å². The Bertz CT molecular complexity index is 313. The van der Waals surface area contributed by atoms with Gasteiger partial charge in [-0.25, -0.2) is 0 Å². The highest BCUT2D eigenvalue weighted by molar-refractivity contribution is 5.86. The van der Waals surface area contributed by atoms with Gasteiger partial charge in [0.2, 0.25) is 5.91 Å². The molecule has 2 saturated heterocycles. The summed E-state index contributed by atoms with van der Waals surface area (Å²) < 4.78 is 5.26. The number of rotatable bonds is 4. The zero-order valence-electron chi connectivity index (χ0n) is 12.8. The van der Waals surface area contributed by atoms with E-state index < -0.39 is 5.54 Å². The summed E-state index contributed by atoms with van der Waals surface area (Å²) in [6.07, 6.45) is 3.85. The van der Waals surface area contributed by atoms with E-state index in [4.69, 9.17) is 10.5 Å². The second-order valence-corrected chi connectivity index (χ2v) is 6.07. The van der Waals surface area contributed by atoms with Crippen molar-refractivity contribution < 1.29 is 9.53 Å². The minimum absolute atomic E-state index is 0. The molecule has 2 aliphatic heterocycles. The van der Waals surface area contributed by atoms with Gasteiger partial charge >= 0.3 is 0 Å². The van der Waals surface area contributed by atoms with Gasteiger partial charge in [0.15, 0.2) is 0 Å². The smallest absolute Gasteiger partial charge is 0.240 e. The van der Waals surface area contributed by atoms with Crippen molar-refractivity contribution in [3.05, 3.63) is 0 Å². The quantitative estimate of drug-likeness (QED) is 0.805. The number of hydrogen-bond acceptors (Lipinski definition) is 4. The van der Waals surface area contributed by atoms with E-state index in [1.54, 1.807) is 0 Å². The Morgan fingerprint density at radius 1 is 1.38 bits per heavy atom. The fourth-order valence-corrected chi connectivity index (χ4v) is 2.96. The average molecular weight is 342 g/mol. The summed E-state index contributed by atoms with van der Waals surface area (Å²) >= 11 is 0. The molecule has 1 unspecified atom stereocenters. The maximum atomic E-state index is 12.1. The Hall–Kier alpha value is -0.0700. The number of likely N-dealkylation sites (tertiary alicyclic amines) is 1. The normalized spacial score (nSPS) is 25.3. The van der Waals surface area contributed by atoms with Gasteiger partial charge in [-0.15, -0.1) is 24.8 Å². The fraction of sp³-hybridized carbons (Fsp3) is 0.929.